The average molecular weight is 311 g/mol. The number of aromatic nitrogens is 2. The molecule has 2 saturated heterocycles. The maximum absolute atomic E-state index is 12.1. The highest BCUT2D eigenvalue weighted by Gasteiger charge is 2.37. The van der Waals surface area contributed by atoms with Crippen LogP contribution >= 0.6 is 15.9 Å². The minimum atomic E-state index is 0.135. The smallest absolute Gasteiger partial charge is 0.229 e. The lowest BCUT2D eigenvalue weighted by atomic mass is 9.99. The summed E-state index contributed by atoms with van der Waals surface area (Å²) < 4.78 is 0.872. The fourth-order valence-corrected chi connectivity index (χ4v) is 2.67. The first-order valence-electron chi connectivity index (χ1n) is 6.25. The molecular weight excluding hydrogens is 296 g/mol. The third-order valence-electron chi connectivity index (χ3n) is 3.54. The molecule has 3 rings (SSSR count). The molecule has 2 aliphatic heterocycles. The average Bonchev–Trinajstić information content (AvgIpc) is 2.83. The van der Waals surface area contributed by atoms with Crippen molar-refractivity contribution in [3.05, 3.63) is 16.9 Å². The molecule has 0 N–H and O–H groups in total. The van der Waals surface area contributed by atoms with Crippen LogP contribution in [0.5, 0.6) is 0 Å². The number of hydrogen-bond donors (Lipinski definition) is 0. The van der Waals surface area contributed by atoms with Crippen molar-refractivity contribution in [2.75, 3.05) is 31.1 Å². The van der Waals surface area contributed by atoms with Crippen LogP contribution in [-0.2, 0) is 4.79 Å². The van der Waals surface area contributed by atoms with Crippen LogP contribution in [0, 0.1) is 5.92 Å². The minimum Gasteiger partial charge on any atom is -0.342 e. The van der Waals surface area contributed by atoms with E-state index in [-0.39, 0.29) is 5.92 Å². The molecule has 0 atom stereocenters. The van der Waals surface area contributed by atoms with Crippen LogP contribution in [0.1, 0.15) is 12.8 Å². The predicted octanol–water partition coefficient (Wildman–Crippen LogP) is 1.30. The van der Waals surface area contributed by atoms with E-state index in [0.29, 0.717) is 11.9 Å². The predicted molar refractivity (Wildman–Crippen MR) is 71.2 cm³/mol. The van der Waals surface area contributed by atoms with Crippen molar-refractivity contribution in [2.45, 2.75) is 12.8 Å². The van der Waals surface area contributed by atoms with Crippen LogP contribution < -0.4 is 4.90 Å². The minimum absolute atomic E-state index is 0.135. The third-order valence-corrected chi connectivity index (χ3v) is 3.95. The number of carbonyl (C=O) groups excluding carboxylic acids is 1. The highest BCUT2D eigenvalue weighted by atomic mass is 79.9. The molecule has 1 aromatic rings. The van der Waals surface area contributed by atoms with Crippen molar-refractivity contribution in [2.24, 2.45) is 5.92 Å². The molecule has 0 radical (unpaired) electrons. The van der Waals surface area contributed by atoms with Crippen molar-refractivity contribution >= 4 is 27.8 Å². The molecule has 96 valence electrons. The fourth-order valence-electron chi connectivity index (χ4n) is 2.46. The van der Waals surface area contributed by atoms with Gasteiger partial charge in [-0.1, -0.05) is 0 Å². The molecule has 0 aliphatic carbocycles. The Hall–Kier alpha value is -1.17. The second-order valence-corrected chi connectivity index (χ2v) is 5.75. The molecular formula is C12H15BrN4O. The lowest BCUT2D eigenvalue weighted by Gasteiger charge is -2.39. The van der Waals surface area contributed by atoms with Gasteiger partial charge < -0.3 is 9.80 Å². The van der Waals surface area contributed by atoms with E-state index in [2.05, 4.69) is 25.9 Å². The maximum atomic E-state index is 12.1. The van der Waals surface area contributed by atoms with Crippen LogP contribution in [0.15, 0.2) is 16.9 Å². The molecule has 0 spiro atoms. The van der Waals surface area contributed by atoms with Gasteiger partial charge in [0.25, 0.3) is 0 Å². The summed E-state index contributed by atoms with van der Waals surface area (Å²) >= 11 is 3.31. The summed E-state index contributed by atoms with van der Waals surface area (Å²) in [4.78, 5) is 24.6. The van der Waals surface area contributed by atoms with Crippen LogP contribution in [-0.4, -0.2) is 47.0 Å². The molecule has 0 aromatic carbocycles. The van der Waals surface area contributed by atoms with E-state index in [0.717, 1.165) is 43.5 Å². The highest BCUT2D eigenvalue weighted by molar-refractivity contribution is 9.10. The molecule has 2 fully saturated rings. The van der Waals surface area contributed by atoms with E-state index < -0.39 is 0 Å². The third kappa shape index (κ3) is 2.21. The van der Waals surface area contributed by atoms with Gasteiger partial charge in [-0.15, -0.1) is 0 Å². The zero-order chi connectivity index (χ0) is 12.5. The topological polar surface area (TPSA) is 49.3 Å². The van der Waals surface area contributed by atoms with E-state index in [9.17, 15) is 4.79 Å². The molecule has 1 amide bonds. The van der Waals surface area contributed by atoms with Crippen LogP contribution in [0.4, 0.5) is 5.95 Å². The van der Waals surface area contributed by atoms with Crippen molar-refractivity contribution in [1.29, 1.82) is 0 Å². The lowest BCUT2D eigenvalue weighted by Crippen LogP contribution is -2.54. The van der Waals surface area contributed by atoms with Crippen molar-refractivity contribution in [3.63, 3.8) is 0 Å². The molecule has 18 heavy (non-hydrogen) atoms. The van der Waals surface area contributed by atoms with Gasteiger partial charge >= 0.3 is 0 Å². The molecule has 0 unspecified atom stereocenters. The molecule has 6 heteroatoms. The van der Waals surface area contributed by atoms with Gasteiger partial charge in [0, 0.05) is 38.6 Å². The number of halogens is 1. The van der Waals surface area contributed by atoms with E-state index in [1.165, 1.54) is 0 Å². The summed E-state index contributed by atoms with van der Waals surface area (Å²) in [7, 11) is 0. The summed E-state index contributed by atoms with van der Waals surface area (Å²) in [6.07, 6.45) is 5.77. The largest absolute Gasteiger partial charge is 0.342 e. The Morgan fingerprint density at radius 2 is 1.83 bits per heavy atom. The zero-order valence-corrected chi connectivity index (χ0v) is 11.6. The monoisotopic (exact) mass is 310 g/mol. The van der Waals surface area contributed by atoms with Gasteiger partial charge in [-0.2, -0.15) is 0 Å². The van der Waals surface area contributed by atoms with Crippen molar-refractivity contribution in [1.82, 2.24) is 14.9 Å². The molecule has 0 saturated carbocycles. The Morgan fingerprint density at radius 3 is 2.44 bits per heavy atom. The Balaban J connectivity index is 1.56. The van der Waals surface area contributed by atoms with Gasteiger partial charge in [0.2, 0.25) is 11.9 Å². The van der Waals surface area contributed by atoms with Gasteiger partial charge in [-0.05, 0) is 28.8 Å². The van der Waals surface area contributed by atoms with Gasteiger partial charge in [0.05, 0.1) is 10.4 Å². The SMILES string of the molecule is O=C(C1CN(c2ncc(Br)cn2)C1)N1CCCC1. The molecule has 3 heterocycles. The van der Waals surface area contributed by atoms with E-state index >= 15 is 0 Å². The second kappa shape index (κ2) is 4.84. The molecule has 5 nitrogen and oxygen atoms in total. The van der Waals surface area contributed by atoms with Gasteiger partial charge in [0.15, 0.2) is 0 Å². The summed E-state index contributed by atoms with van der Waals surface area (Å²) in [5.74, 6) is 1.15. The number of hydrogen-bond acceptors (Lipinski definition) is 4. The van der Waals surface area contributed by atoms with E-state index in [4.69, 9.17) is 0 Å². The fraction of sp³-hybridized carbons (Fsp3) is 0.583. The van der Waals surface area contributed by atoms with E-state index in [1.54, 1.807) is 12.4 Å². The van der Waals surface area contributed by atoms with E-state index in [1.807, 2.05) is 9.80 Å². The second-order valence-electron chi connectivity index (χ2n) is 4.84. The number of nitrogens with zero attached hydrogens (tertiary/aromatic N) is 4. The van der Waals surface area contributed by atoms with Gasteiger partial charge in [-0.25, -0.2) is 9.97 Å². The Labute approximate surface area is 114 Å². The summed E-state index contributed by atoms with van der Waals surface area (Å²) in [5, 5.41) is 0. The number of likely N-dealkylation sites (tertiary alicyclic amines) is 1. The van der Waals surface area contributed by atoms with Gasteiger partial charge in [0.1, 0.15) is 0 Å². The maximum Gasteiger partial charge on any atom is 0.229 e. The normalized spacial score (nSPS) is 20.1. The van der Waals surface area contributed by atoms with Gasteiger partial charge in [-0.3, -0.25) is 4.79 Å². The first-order valence-corrected chi connectivity index (χ1v) is 7.04. The molecule has 1 aromatic heterocycles. The Bertz CT molecular complexity index is 438. The summed E-state index contributed by atoms with van der Waals surface area (Å²) in [5.41, 5.74) is 0. The van der Waals surface area contributed by atoms with Crippen LogP contribution in [0.25, 0.3) is 0 Å². The first kappa shape index (κ1) is 11.9. The number of rotatable bonds is 2. The summed E-state index contributed by atoms with van der Waals surface area (Å²) in [6, 6.07) is 0. The highest BCUT2D eigenvalue weighted by Crippen LogP contribution is 2.24. The Kier molecular flexibility index (Phi) is 3.20. The Morgan fingerprint density at radius 1 is 1.22 bits per heavy atom. The van der Waals surface area contributed by atoms with Crippen LogP contribution in [0.3, 0.4) is 0 Å². The zero-order valence-electron chi connectivity index (χ0n) is 10.0. The number of carbonyl (C=O) groups is 1. The van der Waals surface area contributed by atoms with Crippen molar-refractivity contribution < 1.29 is 4.79 Å². The summed E-state index contributed by atoms with van der Waals surface area (Å²) in [6.45, 7) is 3.36. The first-order chi connectivity index (χ1) is 8.74. The quantitative estimate of drug-likeness (QED) is 0.826. The molecule has 2 aliphatic rings. The molecule has 0 bridgehead atoms. The lowest BCUT2D eigenvalue weighted by molar-refractivity contribution is -0.135. The van der Waals surface area contributed by atoms with Crippen LogP contribution in [0.2, 0.25) is 0 Å². The number of amides is 1. The standard InChI is InChI=1S/C12H15BrN4O/c13-10-5-14-12(15-6-10)17-7-9(8-17)11(18)16-3-1-2-4-16/h5-6,9H,1-4,7-8H2. The number of anilines is 1. The van der Waals surface area contributed by atoms with Crippen molar-refractivity contribution in [3.8, 4) is 0 Å².